The second-order valence-electron chi connectivity index (χ2n) is 14.3. The largest absolute Gasteiger partial charge is 0.489 e. The van der Waals surface area contributed by atoms with Gasteiger partial charge in [0.1, 0.15) is 36.8 Å². The Morgan fingerprint density at radius 3 is 2.32 bits per heavy atom. The maximum atomic E-state index is 14.0. The highest BCUT2D eigenvalue weighted by Crippen LogP contribution is 2.41. The number of hydrogen-bond acceptors (Lipinski definition) is 7. The Bertz CT molecular complexity index is 2120. The second kappa shape index (κ2) is 17.2. The predicted molar refractivity (Wildman–Crippen MR) is 212 cm³/mol. The van der Waals surface area contributed by atoms with Gasteiger partial charge in [0.2, 0.25) is 5.91 Å². The van der Waals surface area contributed by atoms with Crippen molar-refractivity contribution in [2.24, 2.45) is 0 Å². The molecule has 3 aliphatic rings. The smallest absolute Gasteiger partial charge is 0.326 e. The van der Waals surface area contributed by atoms with Gasteiger partial charge in [-0.1, -0.05) is 53.5 Å². The zero-order valence-corrected chi connectivity index (χ0v) is 32.6. The van der Waals surface area contributed by atoms with E-state index in [4.69, 9.17) is 42.1 Å². The van der Waals surface area contributed by atoms with E-state index in [1.165, 1.54) is 4.90 Å². The molecule has 4 aromatic rings. The zero-order chi connectivity index (χ0) is 39.3. The van der Waals surface area contributed by atoms with Crippen LogP contribution >= 0.6 is 23.2 Å². The van der Waals surface area contributed by atoms with Crippen LogP contribution < -0.4 is 29.6 Å². The molecule has 13 heteroatoms. The number of aliphatic carboxylic acids is 1. The first-order valence-corrected chi connectivity index (χ1v) is 19.4. The fraction of sp³-hybridized carbons (Fsp3) is 0.326. The molecule has 3 atom stereocenters. The van der Waals surface area contributed by atoms with Crippen molar-refractivity contribution < 1.29 is 38.4 Å². The SMILES string of the molecule is CC=C(C)Oc1ccc(CC(NC(=O)C2Cc3cc4c(cc3CN2C(=O)NC2CCC2)OC(c2ccc(OCc3ccc(Cl)c(Cl)c3)cc2)CO4)C(=O)O)cc1. The van der Waals surface area contributed by atoms with Crippen LogP contribution in [0, 0.1) is 0 Å². The number of ether oxygens (including phenoxy) is 4. The van der Waals surface area contributed by atoms with Crippen LogP contribution in [0.1, 0.15) is 67.0 Å². The van der Waals surface area contributed by atoms with Crippen LogP contribution in [0.25, 0.3) is 0 Å². The number of hydrogen-bond donors (Lipinski definition) is 3. The molecule has 0 aromatic heterocycles. The number of amides is 3. The van der Waals surface area contributed by atoms with E-state index in [1.54, 1.807) is 36.4 Å². The van der Waals surface area contributed by atoms with Crippen molar-refractivity contribution >= 4 is 41.1 Å². The Hall–Kier alpha value is -5.39. The Labute approximate surface area is 335 Å². The van der Waals surface area contributed by atoms with Crippen LogP contribution in [-0.4, -0.2) is 52.6 Å². The normalized spacial score (nSPS) is 18.2. The molecule has 0 saturated heterocycles. The molecule has 0 spiro atoms. The Kier molecular flexibility index (Phi) is 11.9. The summed E-state index contributed by atoms with van der Waals surface area (Å²) in [6.07, 6.45) is 4.45. The number of carbonyl (C=O) groups excluding carboxylic acids is 2. The Morgan fingerprint density at radius 1 is 0.929 bits per heavy atom. The summed E-state index contributed by atoms with van der Waals surface area (Å²) in [6.45, 7) is 4.44. The molecule has 292 valence electrons. The van der Waals surface area contributed by atoms with Gasteiger partial charge in [0.05, 0.1) is 15.8 Å². The molecule has 7 rings (SSSR count). The van der Waals surface area contributed by atoms with Gasteiger partial charge in [0.15, 0.2) is 17.6 Å². The molecule has 2 aliphatic heterocycles. The van der Waals surface area contributed by atoms with Gasteiger partial charge < -0.3 is 39.6 Å². The number of fused-ring (bicyclic) bond motifs is 2. The maximum absolute atomic E-state index is 14.0. The van der Waals surface area contributed by atoms with Crippen molar-refractivity contribution in [2.75, 3.05) is 6.61 Å². The van der Waals surface area contributed by atoms with Crippen LogP contribution in [0.15, 0.2) is 90.7 Å². The first kappa shape index (κ1) is 38.9. The molecule has 1 aliphatic carbocycles. The lowest BCUT2D eigenvalue weighted by Gasteiger charge is -2.39. The number of carbonyl (C=O) groups is 3. The lowest BCUT2D eigenvalue weighted by atomic mass is 9.91. The topological polar surface area (TPSA) is 136 Å². The third-order valence-electron chi connectivity index (χ3n) is 10.4. The maximum Gasteiger partial charge on any atom is 0.326 e. The van der Waals surface area contributed by atoms with E-state index >= 15 is 0 Å². The van der Waals surface area contributed by atoms with E-state index in [9.17, 15) is 19.5 Å². The molecule has 11 nitrogen and oxygen atoms in total. The van der Waals surface area contributed by atoms with E-state index < -0.39 is 30.1 Å². The molecule has 1 saturated carbocycles. The summed E-state index contributed by atoms with van der Waals surface area (Å²) in [5.41, 5.74) is 4.14. The molecule has 56 heavy (non-hydrogen) atoms. The predicted octanol–water partition coefficient (Wildman–Crippen LogP) is 8.19. The van der Waals surface area contributed by atoms with Gasteiger partial charge in [-0.25, -0.2) is 9.59 Å². The van der Waals surface area contributed by atoms with Crippen LogP contribution in [0.2, 0.25) is 10.0 Å². The van der Waals surface area contributed by atoms with Crippen molar-refractivity contribution in [3.63, 3.8) is 0 Å². The fourth-order valence-electron chi connectivity index (χ4n) is 6.79. The minimum absolute atomic E-state index is 0.0386. The van der Waals surface area contributed by atoms with Gasteiger partial charge in [-0.05, 0) is 116 Å². The van der Waals surface area contributed by atoms with Crippen LogP contribution in [0.3, 0.4) is 0 Å². The highest BCUT2D eigenvalue weighted by molar-refractivity contribution is 6.42. The third kappa shape index (κ3) is 9.17. The highest BCUT2D eigenvalue weighted by atomic mass is 35.5. The molecule has 3 amide bonds. The summed E-state index contributed by atoms with van der Waals surface area (Å²) in [4.78, 5) is 41.6. The van der Waals surface area contributed by atoms with Crippen molar-refractivity contribution in [1.82, 2.24) is 15.5 Å². The zero-order valence-electron chi connectivity index (χ0n) is 31.1. The van der Waals surface area contributed by atoms with E-state index in [1.807, 2.05) is 62.4 Å². The molecule has 4 aromatic carbocycles. The number of benzene rings is 4. The monoisotopic (exact) mass is 799 g/mol. The van der Waals surface area contributed by atoms with E-state index in [2.05, 4.69) is 10.6 Å². The minimum Gasteiger partial charge on any atom is -0.489 e. The summed E-state index contributed by atoms with van der Waals surface area (Å²) in [6, 6.07) is 21.3. The van der Waals surface area contributed by atoms with Gasteiger partial charge in [0, 0.05) is 25.4 Å². The van der Waals surface area contributed by atoms with Gasteiger partial charge in [-0.3, -0.25) is 4.79 Å². The van der Waals surface area contributed by atoms with Gasteiger partial charge in [-0.2, -0.15) is 0 Å². The summed E-state index contributed by atoms with van der Waals surface area (Å²) < 4.78 is 24.3. The van der Waals surface area contributed by atoms with E-state index in [0.29, 0.717) is 45.2 Å². The lowest BCUT2D eigenvalue weighted by Crippen LogP contribution is -2.59. The lowest BCUT2D eigenvalue weighted by molar-refractivity contribution is -0.142. The Morgan fingerprint density at radius 2 is 1.64 bits per heavy atom. The summed E-state index contributed by atoms with van der Waals surface area (Å²) in [5, 5.41) is 16.9. The standard InChI is InChI=1S/C43H43Cl2N3O8/c1-3-25(2)55-33-12-7-26(8-13-33)18-36(42(50)51)47-41(49)37-19-29-20-38-39(21-30(29)22-48(37)43(52)46-31-5-4-6-31)56-40(24-54-38)28-10-14-32(15-11-28)53-23-27-9-16-34(44)35(45)17-27/h3,7-17,20-21,31,36-37,40H,4-6,18-19,22-24H2,1-2H3,(H,46,52)(H,47,49)(H,50,51). The first-order valence-electron chi connectivity index (χ1n) is 18.6. The number of urea groups is 1. The van der Waals surface area contributed by atoms with Gasteiger partial charge in [-0.15, -0.1) is 0 Å². The van der Waals surface area contributed by atoms with Crippen molar-refractivity contribution in [1.29, 1.82) is 0 Å². The number of nitrogens with one attached hydrogen (secondary N) is 2. The van der Waals surface area contributed by atoms with E-state index in [-0.39, 0.29) is 38.1 Å². The third-order valence-corrected chi connectivity index (χ3v) is 11.1. The summed E-state index contributed by atoms with van der Waals surface area (Å²) >= 11 is 12.2. The molecule has 3 unspecified atom stereocenters. The molecule has 0 bridgehead atoms. The fourth-order valence-corrected chi connectivity index (χ4v) is 7.11. The van der Waals surface area contributed by atoms with Crippen molar-refractivity contribution in [2.45, 2.75) is 83.3 Å². The number of rotatable bonds is 12. The number of allylic oxidation sites excluding steroid dienone is 2. The van der Waals surface area contributed by atoms with Gasteiger partial charge in [0.25, 0.3) is 0 Å². The quantitative estimate of drug-likeness (QED) is 0.122. The van der Waals surface area contributed by atoms with Crippen LogP contribution in [-0.2, 0) is 35.6 Å². The molecule has 0 radical (unpaired) electrons. The molecule has 2 heterocycles. The number of nitrogens with zero attached hydrogens (tertiary/aromatic N) is 1. The minimum atomic E-state index is -1.22. The van der Waals surface area contributed by atoms with Gasteiger partial charge >= 0.3 is 12.0 Å². The first-order chi connectivity index (χ1) is 27.0. The summed E-state index contributed by atoms with van der Waals surface area (Å²) in [5.74, 6) is 1.39. The average molecular weight is 801 g/mol. The van der Waals surface area contributed by atoms with Crippen LogP contribution in [0.4, 0.5) is 4.79 Å². The van der Waals surface area contributed by atoms with Crippen molar-refractivity contribution in [3.8, 4) is 23.0 Å². The Balaban J connectivity index is 1.04. The van der Waals surface area contributed by atoms with Crippen LogP contribution in [0.5, 0.6) is 23.0 Å². The number of carboxylic acids is 1. The number of halogens is 2. The molecule has 1 fully saturated rings. The number of carboxylic acid groups (broad SMARTS) is 1. The highest BCUT2D eigenvalue weighted by Gasteiger charge is 2.39. The summed E-state index contributed by atoms with van der Waals surface area (Å²) in [7, 11) is 0. The molecule has 3 N–H and O–H groups in total. The van der Waals surface area contributed by atoms with Crippen molar-refractivity contribution in [3.05, 3.63) is 129 Å². The molecular weight excluding hydrogens is 757 g/mol. The van der Waals surface area contributed by atoms with E-state index in [0.717, 1.165) is 47.3 Å². The molecular formula is C43H43Cl2N3O8. The average Bonchev–Trinajstić information content (AvgIpc) is 3.18. The second-order valence-corrected chi connectivity index (χ2v) is 15.1.